The number of nitrogens with zero attached hydrogens (tertiary/aromatic N) is 3. The van der Waals surface area contributed by atoms with E-state index in [1.807, 2.05) is 30.9 Å². The molecule has 2 heterocycles. The molecule has 0 spiro atoms. The van der Waals surface area contributed by atoms with Crippen molar-refractivity contribution < 1.29 is 0 Å². The first-order valence-corrected chi connectivity index (χ1v) is 4.94. The van der Waals surface area contributed by atoms with Crippen LogP contribution in [0, 0.1) is 6.92 Å². The molecule has 5 nitrogen and oxygen atoms in total. The SMILES string of the molecule is Cc1[nH]ncc1CNCc1ccnn1C. The molecule has 2 rings (SSSR count). The molecular formula is C10H15N5. The maximum absolute atomic E-state index is 4.11. The lowest BCUT2D eigenvalue weighted by Gasteiger charge is -2.04. The van der Waals surface area contributed by atoms with Gasteiger partial charge < -0.3 is 5.32 Å². The molecule has 0 aromatic carbocycles. The molecule has 2 N–H and O–H groups in total. The van der Waals surface area contributed by atoms with Gasteiger partial charge in [0.1, 0.15) is 0 Å². The van der Waals surface area contributed by atoms with Crippen molar-refractivity contribution in [3.8, 4) is 0 Å². The number of aryl methyl sites for hydroxylation is 2. The van der Waals surface area contributed by atoms with Gasteiger partial charge in [0.15, 0.2) is 0 Å². The molecule has 0 aliphatic heterocycles. The van der Waals surface area contributed by atoms with Gasteiger partial charge in [0.05, 0.1) is 11.9 Å². The molecule has 2 aromatic heterocycles. The van der Waals surface area contributed by atoms with Crippen molar-refractivity contribution in [2.24, 2.45) is 7.05 Å². The molecule has 0 saturated heterocycles. The molecule has 2 aromatic rings. The van der Waals surface area contributed by atoms with Gasteiger partial charge in [-0.05, 0) is 13.0 Å². The Balaban J connectivity index is 1.86. The summed E-state index contributed by atoms with van der Waals surface area (Å²) in [5.41, 5.74) is 3.50. The molecule has 0 saturated carbocycles. The van der Waals surface area contributed by atoms with Gasteiger partial charge in [-0.1, -0.05) is 0 Å². The minimum absolute atomic E-state index is 0.821. The van der Waals surface area contributed by atoms with Crippen LogP contribution in [-0.4, -0.2) is 20.0 Å². The summed E-state index contributed by atoms with van der Waals surface area (Å²) in [6.07, 6.45) is 3.66. The topological polar surface area (TPSA) is 58.5 Å². The Kier molecular flexibility index (Phi) is 2.82. The summed E-state index contributed by atoms with van der Waals surface area (Å²) in [6, 6.07) is 2.01. The maximum atomic E-state index is 4.11. The second kappa shape index (κ2) is 4.27. The van der Waals surface area contributed by atoms with Crippen LogP contribution in [0.4, 0.5) is 0 Å². The van der Waals surface area contributed by atoms with Crippen molar-refractivity contribution >= 4 is 0 Å². The molecule has 80 valence electrons. The first kappa shape index (κ1) is 9.92. The van der Waals surface area contributed by atoms with Crippen LogP contribution in [0.5, 0.6) is 0 Å². The normalized spacial score (nSPS) is 10.8. The van der Waals surface area contributed by atoms with E-state index in [9.17, 15) is 0 Å². The summed E-state index contributed by atoms with van der Waals surface area (Å²) >= 11 is 0. The third-order valence-electron chi connectivity index (χ3n) is 2.48. The fourth-order valence-electron chi connectivity index (χ4n) is 1.45. The highest BCUT2D eigenvalue weighted by molar-refractivity contribution is 5.14. The Morgan fingerprint density at radius 1 is 1.47 bits per heavy atom. The lowest BCUT2D eigenvalue weighted by atomic mass is 10.2. The average molecular weight is 205 g/mol. The third kappa shape index (κ3) is 2.24. The van der Waals surface area contributed by atoms with E-state index in [2.05, 4.69) is 20.6 Å². The Morgan fingerprint density at radius 3 is 2.93 bits per heavy atom. The van der Waals surface area contributed by atoms with Crippen LogP contribution in [0.1, 0.15) is 17.0 Å². The molecule has 0 radical (unpaired) electrons. The van der Waals surface area contributed by atoms with Crippen LogP contribution >= 0.6 is 0 Å². The monoisotopic (exact) mass is 205 g/mol. The van der Waals surface area contributed by atoms with Crippen LogP contribution in [-0.2, 0) is 20.1 Å². The highest BCUT2D eigenvalue weighted by atomic mass is 15.3. The van der Waals surface area contributed by atoms with Crippen LogP contribution in [0.3, 0.4) is 0 Å². The minimum Gasteiger partial charge on any atom is -0.307 e. The van der Waals surface area contributed by atoms with E-state index < -0.39 is 0 Å². The predicted molar refractivity (Wildman–Crippen MR) is 57.1 cm³/mol. The fraction of sp³-hybridized carbons (Fsp3) is 0.400. The van der Waals surface area contributed by atoms with Crippen molar-refractivity contribution in [1.82, 2.24) is 25.3 Å². The van der Waals surface area contributed by atoms with Crippen LogP contribution < -0.4 is 5.32 Å². The summed E-state index contributed by atoms with van der Waals surface area (Å²) in [5.74, 6) is 0. The summed E-state index contributed by atoms with van der Waals surface area (Å²) in [5, 5.41) is 14.3. The molecule has 0 bridgehead atoms. The number of nitrogens with one attached hydrogen (secondary N) is 2. The quantitative estimate of drug-likeness (QED) is 0.774. The van der Waals surface area contributed by atoms with Crippen molar-refractivity contribution in [3.05, 3.63) is 35.4 Å². The van der Waals surface area contributed by atoms with E-state index >= 15 is 0 Å². The lowest BCUT2D eigenvalue weighted by molar-refractivity contribution is 0.625. The Morgan fingerprint density at radius 2 is 2.33 bits per heavy atom. The van der Waals surface area contributed by atoms with Gasteiger partial charge in [0.2, 0.25) is 0 Å². The van der Waals surface area contributed by atoms with E-state index in [-0.39, 0.29) is 0 Å². The lowest BCUT2D eigenvalue weighted by Crippen LogP contribution is -2.15. The number of hydrogen-bond donors (Lipinski definition) is 2. The minimum atomic E-state index is 0.821. The van der Waals surface area contributed by atoms with Gasteiger partial charge in [-0.15, -0.1) is 0 Å². The van der Waals surface area contributed by atoms with E-state index in [1.54, 1.807) is 6.20 Å². The largest absolute Gasteiger partial charge is 0.307 e. The average Bonchev–Trinajstić information content (AvgIpc) is 2.78. The maximum Gasteiger partial charge on any atom is 0.0535 e. The van der Waals surface area contributed by atoms with E-state index in [0.29, 0.717) is 0 Å². The van der Waals surface area contributed by atoms with Gasteiger partial charge in [-0.25, -0.2) is 0 Å². The zero-order valence-electron chi connectivity index (χ0n) is 8.99. The van der Waals surface area contributed by atoms with Gasteiger partial charge >= 0.3 is 0 Å². The predicted octanol–water partition coefficient (Wildman–Crippen LogP) is 0.741. The highest BCUT2D eigenvalue weighted by Gasteiger charge is 2.01. The molecule has 0 fully saturated rings. The summed E-state index contributed by atoms with van der Waals surface area (Å²) in [6.45, 7) is 3.67. The van der Waals surface area contributed by atoms with E-state index in [4.69, 9.17) is 0 Å². The van der Waals surface area contributed by atoms with Crippen LogP contribution in [0.15, 0.2) is 18.5 Å². The van der Waals surface area contributed by atoms with E-state index in [1.165, 1.54) is 11.3 Å². The molecule has 0 aliphatic carbocycles. The van der Waals surface area contributed by atoms with E-state index in [0.717, 1.165) is 18.8 Å². The summed E-state index contributed by atoms with van der Waals surface area (Å²) < 4.78 is 1.87. The molecule has 0 aliphatic rings. The van der Waals surface area contributed by atoms with Crippen molar-refractivity contribution in [2.75, 3.05) is 0 Å². The Labute approximate surface area is 88.5 Å². The number of aromatic amines is 1. The van der Waals surface area contributed by atoms with Crippen molar-refractivity contribution in [3.63, 3.8) is 0 Å². The first-order valence-electron chi connectivity index (χ1n) is 4.94. The van der Waals surface area contributed by atoms with Gasteiger partial charge in [0.25, 0.3) is 0 Å². The molecule has 0 unspecified atom stereocenters. The zero-order valence-corrected chi connectivity index (χ0v) is 8.99. The van der Waals surface area contributed by atoms with Gasteiger partial charge in [-0.2, -0.15) is 10.2 Å². The molecule has 15 heavy (non-hydrogen) atoms. The number of rotatable bonds is 4. The summed E-state index contributed by atoms with van der Waals surface area (Å²) in [7, 11) is 1.94. The number of H-pyrrole nitrogens is 1. The molecule has 0 atom stereocenters. The molecule has 0 amide bonds. The van der Waals surface area contributed by atoms with Crippen molar-refractivity contribution in [2.45, 2.75) is 20.0 Å². The standard InChI is InChI=1S/C10H15N5/c1-8-9(6-12-14-8)5-11-7-10-3-4-13-15(10)2/h3-4,6,11H,5,7H2,1-2H3,(H,12,14). The zero-order chi connectivity index (χ0) is 10.7. The second-order valence-corrected chi connectivity index (χ2v) is 3.57. The second-order valence-electron chi connectivity index (χ2n) is 3.57. The van der Waals surface area contributed by atoms with Crippen LogP contribution in [0.25, 0.3) is 0 Å². The third-order valence-corrected chi connectivity index (χ3v) is 2.48. The van der Waals surface area contributed by atoms with Crippen molar-refractivity contribution in [1.29, 1.82) is 0 Å². The van der Waals surface area contributed by atoms with Gasteiger partial charge in [-0.3, -0.25) is 9.78 Å². The number of aromatic nitrogens is 4. The summed E-state index contributed by atoms with van der Waals surface area (Å²) in [4.78, 5) is 0. The molecule has 5 heteroatoms. The number of hydrogen-bond acceptors (Lipinski definition) is 3. The van der Waals surface area contributed by atoms with Gasteiger partial charge in [0, 0.05) is 37.6 Å². The first-order chi connectivity index (χ1) is 7.27. The Hall–Kier alpha value is -1.62. The highest BCUT2D eigenvalue weighted by Crippen LogP contribution is 2.02. The Bertz CT molecular complexity index is 388. The van der Waals surface area contributed by atoms with Crippen LogP contribution in [0.2, 0.25) is 0 Å². The smallest absolute Gasteiger partial charge is 0.0535 e. The molecular weight excluding hydrogens is 190 g/mol. The fourth-order valence-corrected chi connectivity index (χ4v) is 1.45.